The van der Waals surface area contributed by atoms with Crippen molar-refractivity contribution in [2.75, 3.05) is 10.6 Å². The summed E-state index contributed by atoms with van der Waals surface area (Å²) in [5.41, 5.74) is 2.76. The van der Waals surface area contributed by atoms with Gasteiger partial charge >= 0.3 is 18.0 Å². The summed E-state index contributed by atoms with van der Waals surface area (Å²) < 4.78 is 0. The van der Waals surface area contributed by atoms with Crippen LogP contribution >= 0.6 is 0 Å². The SMILES string of the molecule is CCCC[C@H](NC(=O)Cc1ccc(NC(=O)Nc2ccccc2C)cc1)C(=O)N[C@@H](CCCC(=O)O)C(=O)N[C@H](C(=O)O)[C@@H](C)CC. The molecule has 0 heterocycles. The number of amides is 5. The van der Waals surface area contributed by atoms with Crippen LogP contribution in [0.1, 0.15) is 76.8 Å². The normalized spacial score (nSPS) is 13.3. The van der Waals surface area contributed by atoms with Crippen LogP contribution in [-0.4, -0.2) is 64.0 Å². The molecule has 0 bridgehead atoms. The fourth-order valence-corrected chi connectivity index (χ4v) is 4.75. The van der Waals surface area contributed by atoms with Crippen molar-refractivity contribution < 1.29 is 39.0 Å². The van der Waals surface area contributed by atoms with Crippen molar-refractivity contribution >= 4 is 47.1 Å². The number of urea groups is 1. The van der Waals surface area contributed by atoms with Gasteiger partial charge < -0.3 is 36.8 Å². The van der Waals surface area contributed by atoms with Gasteiger partial charge in [-0.1, -0.05) is 70.4 Å². The second-order valence-electron chi connectivity index (χ2n) is 11.6. The van der Waals surface area contributed by atoms with Crippen molar-refractivity contribution in [3.63, 3.8) is 0 Å². The predicted molar refractivity (Wildman–Crippen MR) is 178 cm³/mol. The number of hydrogen-bond donors (Lipinski definition) is 7. The maximum Gasteiger partial charge on any atom is 0.326 e. The molecule has 13 nitrogen and oxygen atoms in total. The molecule has 7 N–H and O–H groups in total. The highest BCUT2D eigenvalue weighted by atomic mass is 16.4. The molecule has 0 aromatic heterocycles. The van der Waals surface area contributed by atoms with Gasteiger partial charge in [0, 0.05) is 17.8 Å². The van der Waals surface area contributed by atoms with Gasteiger partial charge in [-0.3, -0.25) is 19.2 Å². The molecule has 2 rings (SSSR count). The minimum atomic E-state index is -1.22. The number of unbranched alkanes of at least 4 members (excludes halogenated alkanes) is 1. The first-order chi connectivity index (χ1) is 22.3. The van der Waals surface area contributed by atoms with E-state index in [1.165, 1.54) is 0 Å². The molecule has 2 aromatic carbocycles. The number of carbonyl (C=O) groups excluding carboxylic acids is 4. The summed E-state index contributed by atoms with van der Waals surface area (Å²) in [5, 5.41) is 32.0. The Morgan fingerprint density at radius 3 is 1.98 bits per heavy atom. The molecule has 0 aliphatic rings. The molecule has 0 saturated carbocycles. The Labute approximate surface area is 275 Å². The van der Waals surface area contributed by atoms with E-state index in [-0.39, 0.29) is 31.6 Å². The lowest BCUT2D eigenvalue weighted by atomic mass is 9.98. The molecule has 0 spiro atoms. The van der Waals surface area contributed by atoms with Crippen LogP contribution in [0.15, 0.2) is 48.5 Å². The fraction of sp³-hybridized carbons (Fsp3) is 0.471. The van der Waals surface area contributed by atoms with E-state index in [0.717, 1.165) is 12.0 Å². The van der Waals surface area contributed by atoms with Crippen molar-refractivity contribution in [1.82, 2.24) is 16.0 Å². The minimum Gasteiger partial charge on any atom is -0.481 e. The monoisotopic (exact) mass is 653 g/mol. The molecule has 13 heteroatoms. The summed E-state index contributed by atoms with van der Waals surface area (Å²) in [6, 6.07) is 10.3. The van der Waals surface area contributed by atoms with Crippen LogP contribution < -0.4 is 26.6 Å². The van der Waals surface area contributed by atoms with Crippen LogP contribution in [-0.2, 0) is 30.4 Å². The van der Waals surface area contributed by atoms with Crippen molar-refractivity contribution in [2.24, 2.45) is 5.92 Å². The average Bonchev–Trinajstić information content (AvgIpc) is 3.02. The van der Waals surface area contributed by atoms with Crippen molar-refractivity contribution in [1.29, 1.82) is 0 Å². The van der Waals surface area contributed by atoms with Gasteiger partial charge in [0.05, 0.1) is 6.42 Å². The first-order valence-electron chi connectivity index (χ1n) is 15.9. The lowest BCUT2D eigenvalue weighted by Crippen LogP contribution is -2.56. The number of benzene rings is 2. The third-order valence-electron chi connectivity index (χ3n) is 7.76. The smallest absolute Gasteiger partial charge is 0.326 e. The average molecular weight is 654 g/mol. The van der Waals surface area contributed by atoms with Gasteiger partial charge in [0.2, 0.25) is 17.7 Å². The van der Waals surface area contributed by atoms with Gasteiger partial charge in [-0.05, 0) is 61.4 Å². The number of nitrogens with one attached hydrogen (secondary N) is 5. The van der Waals surface area contributed by atoms with Gasteiger partial charge in [-0.2, -0.15) is 0 Å². The zero-order valence-corrected chi connectivity index (χ0v) is 27.4. The molecule has 2 aromatic rings. The van der Waals surface area contributed by atoms with E-state index in [2.05, 4.69) is 26.6 Å². The Morgan fingerprint density at radius 2 is 1.38 bits per heavy atom. The fourth-order valence-electron chi connectivity index (χ4n) is 4.75. The number of hydrogen-bond acceptors (Lipinski definition) is 6. The topological polar surface area (TPSA) is 203 Å². The maximum atomic E-state index is 13.4. The molecule has 256 valence electrons. The van der Waals surface area contributed by atoms with Gasteiger partial charge in [-0.15, -0.1) is 0 Å². The molecule has 0 fully saturated rings. The van der Waals surface area contributed by atoms with E-state index in [1.807, 2.05) is 32.0 Å². The highest BCUT2D eigenvalue weighted by Gasteiger charge is 2.31. The van der Waals surface area contributed by atoms with Gasteiger partial charge in [0.1, 0.15) is 18.1 Å². The summed E-state index contributed by atoms with van der Waals surface area (Å²) in [7, 11) is 0. The summed E-state index contributed by atoms with van der Waals surface area (Å²) in [6.45, 7) is 7.28. The Morgan fingerprint density at radius 1 is 0.766 bits per heavy atom. The molecule has 47 heavy (non-hydrogen) atoms. The number of para-hydroxylation sites is 1. The number of carboxylic acids is 2. The highest BCUT2D eigenvalue weighted by Crippen LogP contribution is 2.16. The second kappa shape index (κ2) is 19.5. The summed E-state index contributed by atoms with van der Waals surface area (Å²) >= 11 is 0. The first-order valence-corrected chi connectivity index (χ1v) is 15.9. The van der Waals surface area contributed by atoms with E-state index in [4.69, 9.17) is 5.11 Å². The van der Waals surface area contributed by atoms with E-state index < -0.39 is 53.8 Å². The largest absolute Gasteiger partial charge is 0.481 e. The molecule has 0 radical (unpaired) electrons. The van der Waals surface area contributed by atoms with Crippen LogP contribution in [0, 0.1) is 12.8 Å². The Balaban J connectivity index is 2.06. The Hall–Kier alpha value is -4.94. The lowest BCUT2D eigenvalue weighted by molar-refractivity contribution is -0.144. The standard InChI is InChI=1S/C34H47N5O8/c1-5-7-12-26(31(43)37-27(14-10-15-29(41)42)32(44)39-30(33(45)46)21(3)6-2)36-28(40)20-23-16-18-24(19-17-23)35-34(47)38-25-13-9-8-11-22(25)4/h8-9,11,13,16-19,21,26-27,30H,5-7,10,12,14-15,20H2,1-4H3,(H,36,40)(H,37,43)(H,39,44)(H,41,42)(H,45,46)(H2,35,38,47)/t21-,26-,27-,30-/m0/s1. The van der Waals surface area contributed by atoms with Gasteiger partial charge in [0.15, 0.2) is 0 Å². The molecule has 0 aliphatic heterocycles. The van der Waals surface area contributed by atoms with Crippen LogP contribution in [0.25, 0.3) is 0 Å². The number of aryl methyl sites for hydroxylation is 1. The maximum absolute atomic E-state index is 13.4. The number of carboxylic acid groups (broad SMARTS) is 2. The van der Waals surface area contributed by atoms with E-state index in [0.29, 0.717) is 36.2 Å². The molecule has 0 aliphatic carbocycles. The number of carbonyl (C=O) groups is 6. The first kappa shape index (κ1) is 38.2. The second-order valence-corrected chi connectivity index (χ2v) is 11.6. The third kappa shape index (κ3) is 13.5. The van der Waals surface area contributed by atoms with Crippen LogP contribution in [0.4, 0.5) is 16.2 Å². The van der Waals surface area contributed by atoms with Crippen LogP contribution in [0.3, 0.4) is 0 Å². The molecule has 5 amide bonds. The zero-order valence-electron chi connectivity index (χ0n) is 27.4. The summed E-state index contributed by atoms with van der Waals surface area (Å²) in [6.07, 6.45) is 1.87. The Kier molecular flexibility index (Phi) is 15.9. The molecule has 4 atom stereocenters. The summed E-state index contributed by atoms with van der Waals surface area (Å²) in [5.74, 6) is -4.47. The Bertz CT molecular complexity index is 1380. The number of aliphatic carboxylic acids is 2. The lowest BCUT2D eigenvalue weighted by Gasteiger charge is -2.26. The van der Waals surface area contributed by atoms with E-state index in [1.54, 1.807) is 44.2 Å². The zero-order chi connectivity index (χ0) is 34.9. The third-order valence-corrected chi connectivity index (χ3v) is 7.76. The molecular weight excluding hydrogens is 606 g/mol. The van der Waals surface area contributed by atoms with Crippen LogP contribution in [0.2, 0.25) is 0 Å². The molecule has 0 saturated heterocycles. The molecule has 0 unspecified atom stereocenters. The quantitative estimate of drug-likeness (QED) is 0.117. The minimum absolute atomic E-state index is 0.0332. The van der Waals surface area contributed by atoms with Crippen molar-refractivity contribution in [3.05, 3.63) is 59.7 Å². The van der Waals surface area contributed by atoms with E-state index in [9.17, 15) is 33.9 Å². The van der Waals surface area contributed by atoms with Gasteiger partial charge in [0.25, 0.3) is 0 Å². The summed E-state index contributed by atoms with van der Waals surface area (Å²) in [4.78, 5) is 74.8. The van der Waals surface area contributed by atoms with Crippen molar-refractivity contribution in [2.45, 2.75) is 97.2 Å². The van der Waals surface area contributed by atoms with E-state index >= 15 is 0 Å². The highest BCUT2D eigenvalue weighted by molar-refractivity contribution is 6.00. The predicted octanol–water partition coefficient (Wildman–Crippen LogP) is 4.21. The number of anilines is 2. The van der Waals surface area contributed by atoms with Crippen molar-refractivity contribution in [3.8, 4) is 0 Å². The van der Waals surface area contributed by atoms with Crippen LogP contribution in [0.5, 0.6) is 0 Å². The molecular formula is C34H47N5O8. The number of rotatable bonds is 19. The van der Waals surface area contributed by atoms with Gasteiger partial charge in [-0.25, -0.2) is 9.59 Å².